The smallest absolute Gasteiger partial charge is 0.129 e. The number of rotatable bonds is 3. The molecule has 2 rings (SSSR count). The van der Waals surface area contributed by atoms with Crippen LogP contribution in [0.15, 0.2) is 12.1 Å². The van der Waals surface area contributed by atoms with Gasteiger partial charge in [0.05, 0.1) is 6.61 Å². The Morgan fingerprint density at radius 1 is 1.47 bits per heavy atom. The second kappa shape index (κ2) is 5.05. The SMILES string of the molecule is CC1CCN(c2cc(CO)cc(C(C)C)n2)C1. The molecule has 0 radical (unpaired) electrons. The third-order valence-electron chi connectivity index (χ3n) is 3.41. The van der Waals surface area contributed by atoms with E-state index >= 15 is 0 Å². The van der Waals surface area contributed by atoms with Crippen molar-refractivity contribution in [2.45, 2.75) is 39.7 Å². The first-order valence-corrected chi connectivity index (χ1v) is 6.46. The van der Waals surface area contributed by atoms with Gasteiger partial charge < -0.3 is 10.0 Å². The summed E-state index contributed by atoms with van der Waals surface area (Å²) in [5.41, 5.74) is 2.05. The number of nitrogens with zero attached hydrogens (tertiary/aromatic N) is 2. The summed E-state index contributed by atoms with van der Waals surface area (Å²) >= 11 is 0. The van der Waals surface area contributed by atoms with E-state index in [1.54, 1.807) is 0 Å². The van der Waals surface area contributed by atoms with E-state index < -0.39 is 0 Å². The molecule has 1 aliphatic rings. The van der Waals surface area contributed by atoms with Crippen molar-refractivity contribution in [2.75, 3.05) is 18.0 Å². The van der Waals surface area contributed by atoms with Gasteiger partial charge in [0.15, 0.2) is 0 Å². The van der Waals surface area contributed by atoms with Crippen molar-refractivity contribution in [3.8, 4) is 0 Å². The minimum atomic E-state index is 0.0959. The van der Waals surface area contributed by atoms with Crippen LogP contribution in [0.25, 0.3) is 0 Å². The Labute approximate surface area is 103 Å². The molecule has 0 amide bonds. The van der Waals surface area contributed by atoms with E-state index in [1.165, 1.54) is 6.42 Å². The van der Waals surface area contributed by atoms with Gasteiger partial charge >= 0.3 is 0 Å². The first kappa shape index (κ1) is 12.4. The van der Waals surface area contributed by atoms with E-state index in [0.717, 1.165) is 36.1 Å². The van der Waals surface area contributed by atoms with Crippen LogP contribution in [0.2, 0.25) is 0 Å². The number of anilines is 1. The predicted molar refractivity (Wildman–Crippen MR) is 70.2 cm³/mol. The molecule has 0 aromatic carbocycles. The normalized spacial score (nSPS) is 20.3. The van der Waals surface area contributed by atoms with Gasteiger partial charge in [-0.15, -0.1) is 0 Å². The summed E-state index contributed by atoms with van der Waals surface area (Å²) in [6.07, 6.45) is 1.24. The van der Waals surface area contributed by atoms with Gasteiger partial charge in [0.25, 0.3) is 0 Å². The molecule has 0 aliphatic carbocycles. The second-order valence-electron chi connectivity index (χ2n) is 5.41. The van der Waals surface area contributed by atoms with E-state index in [4.69, 9.17) is 4.98 Å². The van der Waals surface area contributed by atoms with E-state index in [1.807, 2.05) is 12.1 Å². The zero-order valence-electron chi connectivity index (χ0n) is 11.0. The Kier molecular flexibility index (Phi) is 3.67. The van der Waals surface area contributed by atoms with Gasteiger partial charge in [-0.3, -0.25) is 0 Å². The lowest BCUT2D eigenvalue weighted by Crippen LogP contribution is -2.21. The summed E-state index contributed by atoms with van der Waals surface area (Å²) in [5, 5.41) is 9.32. The van der Waals surface area contributed by atoms with Gasteiger partial charge in [-0.05, 0) is 36.0 Å². The summed E-state index contributed by atoms with van der Waals surface area (Å²) < 4.78 is 0. The molecule has 1 aromatic heterocycles. The number of hydrogen-bond acceptors (Lipinski definition) is 3. The summed E-state index contributed by atoms with van der Waals surface area (Å²) in [4.78, 5) is 7.04. The largest absolute Gasteiger partial charge is 0.392 e. The maximum absolute atomic E-state index is 9.32. The molecular weight excluding hydrogens is 212 g/mol. The number of hydrogen-bond donors (Lipinski definition) is 1. The summed E-state index contributed by atoms with van der Waals surface area (Å²) in [6.45, 7) is 8.82. The monoisotopic (exact) mass is 234 g/mol. The molecule has 1 saturated heterocycles. The van der Waals surface area contributed by atoms with Gasteiger partial charge in [0.1, 0.15) is 5.82 Å². The Morgan fingerprint density at radius 2 is 2.24 bits per heavy atom. The fourth-order valence-corrected chi connectivity index (χ4v) is 2.29. The van der Waals surface area contributed by atoms with Crippen molar-refractivity contribution >= 4 is 5.82 Å². The average molecular weight is 234 g/mol. The Hall–Kier alpha value is -1.09. The molecular formula is C14H22N2O. The highest BCUT2D eigenvalue weighted by Crippen LogP contribution is 2.25. The van der Waals surface area contributed by atoms with Gasteiger partial charge in [0, 0.05) is 18.8 Å². The maximum atomic E-state index is 9.32. The van der Waals surface area contributed by atoms with Crippen LogP contribution in [0, 0.1) is 5.92 Å². The molecule has 1 aromatic rings. The lowest BCUT2D eigenvalue weighted by atomic mass is 10.1. The molecule has 0 spiro atoms. The van der Waals surface area contributed by atoms with Crippen molar-refractivity contribution in [3.63, 3.8) is 0 Å². The molecule has 0 saturated carbocycles. The van der Waals surface area contributed by atoms with Gasteiger partial charge in [0.2, 0.25) is 0 Å². The number of aliphatic hydroxyl groups excluding tert-OH is 1. The summed E-state index contributed by atoms with van der Waals surface area (Å²) in [6, 6.07) is 4.03. The zero-order chi connectivity index (χ0) is 12.4. The molecule has 1 atom stereocenters. The van der Waals surface area contributed by atoms with Crippen LogP contribution >= 0.6 is 0 Å². The summed E-state index contributed by atoms with van der Waals surface area (Å²) in [5.74, 6) is 2.18. The van der Waals surface area contributed by atoms with Crippen molar-refractivity contribution in [2.24, 2.45) is 5.92 Å². The number of aromatic nitrogens is 1. The quantitative estimate of drug-likeness (QED) is 0.873. The van der Waals surface area contributed by atoms with Crippen LogP contribution < -0.4 is 4.90 Å². The highest BCUT2D eigenvalue weighted by molar-refractivity contribution is 5.44. The van der Waals surface area contributed by atoms with Crippen LogP contribution in [-0.2, 0) is 6.61 Å². The minimum Gasteiger partial charge on any atom is -0.392 e. The molecule has 94 valence electrons. The van der Waals surface area contributed by atoms with Crippen LogP contribution in [-0.4, -0.2) is 23.2 Å². The van der Waals surface area contributed by atoms with E-state index in [-0.39, 0.29) is 6.61 Å². The zero-order valence-corrected chi connectivity index (χ0v) is 11.0. The molecule has 3 nitrogen and oxygen atoms in total. The Bertz CT molecular complexity index is 390. The fourth-order valence-electron chi connectivity index (χ4n) is 2.29. The standard InChI is InChI=1S/C14H22N2O/c1-10(2)13-6-12(9-17)7-14(15-13)16-5-4-11(3)8-16/h6-7,10-11,17H,4-5,8-9H2,1-3H3. The minimum absolute atomic E-state index is 0.0959. The fraction of sp³-hybridized carbons (Fsp3) is 0.643. The maximum Gasteiger partial charge on any atom is 0.129 e. The molecule has 1 N–H and O–H groups in total. The molecule has 3 heteroatoms. The van der Waals surface area contributed by atoms with Crippen molar-refractivity contribution in [1.82, 2.24) is 4.98 Å². The Morgan fingerprint density at radius 3 is 2.76 bits per heavy atom. The topological polar surface area (TPSA) is 36.4 Å². The molecule has 2 heterocycles. The average Bonchev–Trinajstić information content (AvgIpc) is 2.75. The number of aliphatic hydroxyl groups is 1. The lowest BCUT2D eigenvalue weighted by molar-refractivity contribution is 0.281. The van der Waals surface area contributed by atoms with Gasteiger partial charge in [-0.1, -0.05) is 20.8 Å². The van der Waals surface area contributed by atoms with E-state index in [9.17, 15) is 5.11 Å². The summed E-state index contributed by atoms with van der Waals surface area (Å²) in [7, 11) is 0. The molecule has 1 unspecified atom stereocenters. The third-order valence-corrected chi connectivity index (χ3v) is 3.41. The first-order chi connectivity index (χ1) is 8.10. The van der Waals surface area contributed by atoms with E-state index in [2.05, 4.69) is 25.7 Å². The van der Waals surface area contributed by atoms with Crippen molar-refractivity contribution < 1.29 is 5.11 Å². The highest BCUT2D eigenvalue weighted by atomic mass is 16.3. The van der Waals surface area contributed by atoms with Crippen LogP contribution in [0.3, 0.4) is 0 Å². The highest BCUT2D eigenvalue weighted by Gasteiger charge is 2.20. The lowest BCUT2D eigenvalue weighted by Gasteiger charge is -2.19. The van der Waals surface area contributed by atoms with Crippen LogP contribution in [0.1, 0.15) is 44.4 Å². The van der Waals surface area contributed by atoms with Gasteiger partial charge in [-0.25, -0.2) is 4.98 Å². The molecule has 1 fully saturated rings. The third kappa shape index (κ3) is 2.78. The molecule has 0 bridgehead atoms. The molecule has 17 heavy (non-hydrogen) atoms. The van der Waals surface area contributed by atoms with Gasteiger partial charge in [-0.2, -0.15) is 0 Å². The number of pyridine rings is 1. The molecule has 1 aliphatic heterocycles. The predicted octanol–water partition coefficient (Wildman–Crippen LogP) is 2.54. The van der Waals surface area contributed by atoms with Crippen LogP contribution in [0.5, 0.6) is 0 Å². The van der Waals surface area contributed by atoms with Crippen molar-refractivity contribution in [1.29, 1.82) is 0 Å². The first-order valence-electron chi connectivity index (χ1n) is 6.46. The second-order valence-corrected chi connectivity index (χ2v) is 5.41. The van der Waals surface area contributed by atoms with Crippen molar-refractivity contribution in [3.05, 3.63) is 23.4 Å². The Balaban J connectivity index is 2.29. The van der Waals surface area contributed by atoms with Crippen LogP contribution in [0.4, 0.5) is 5.82 Å². The van der Waals surface area contributed by atoms with E-state index in [0.29, 0.717) is 5.92 Å².